The number of aromatic nitrogens is 3. The average molecular weight is 314 g/mol. The lowest BCUT2D eigenvalue weighted by Crippen LogP contribution is -2.09. The molecule has 0 aliphatic carbocycles. The fourth-order valence-electron chi connectivity index (χ4n) is 2.51. The zero-order chi connectivity index (χ0) is 14.7. The molecule has 110 valence electrons. The molecular formula is C15H21Cl2N3. The minimum Gasteiger partial charge on any atom is -0.309 e. The molecule has 0 saturated heterocycles. The third-order valence-electron chi connectivity index (χ3n) is 3.53. The predicted molar refractivity (Wildman–Crippen MR) is 85.5 cm³/mol. The molecule has 0 N–H and O–H groups in total. The highest BCUT2D eigenvalue weighted by Gasteiger charge is 2.16. The second-order valence-electron chi connectivity index (χ2n) is 5.70. The van der Waals surface area contributed by atoms with Crippen LogP contribution in [0.5, 0.6) is 0 Å². The van der Waals surface area contributed by atoms with Crippen LogP contribution < -0.4 is 0 Å². The molecule has 0 bridgehead atoms. The maximum atomic E-state index is 6.03. The summed E-state index contributed by atoms with van der Waals surface area (Å²) >= 11 is 12.0. The molecule has 0 spiro atoms. The van der Waals surface area contributed by atoms with Crippen LogP contribution >= 0.6 is 23.2 Å². The Kier molecular flexibility index (Phi) is 5.28. The molecule has 2 heterocycles. The Bertz CT molecular complexity index is 578. The van der Waals surface area contributed by atoms with E-state index in [0.29, 0.717) is 16.9 Å². The Morgan fingerprint density at radius 3 is 2.65 bits per heavy atom. The van der Waals surface area contributed by atoms with Crippen LogP contribution in [0.1, 0.15) is 51.9 Å². The molecular weight excluding hydrogens is 293 g/mol. The number of imidazole rings is 1. The SMILES string of the molecule is CC(C)CCCC(C)n1c(CCl)nc2cc(Cl)cnc21. The molecule has 0 radical (unpaired) electrons. The molecule has 0 aliphatic rings. The zero-order valence-electron chi connectivity index (χ0n) is 12.2. The Labute approximate surface area is 130 Å². The first-order valence-corrected chi connectivity index (χ1v) is 8.02. The first kappa shape index (κ1) is 15.6. The molecule has 1 atom stereocenters. The maximum Gasteiger partial charge on any atom is 0.160 e. The number of halogens is 2. The summed E-state index contributed by atoms with van der Waals surface area (Å²) in [5, 5.41) is 0.607. The van der Waals surface area contributed by atoms with Gasteiger partial charge in [-0.25, -0.2) is 9.97 Å². The Balaban J connectivity index is 2.27. The van der Waals surface area contributed by atoms with E-state index in [2.05, 4.69) is 35.3 Å². The van der Waals surface area contributed by atoms with Crippen LogP contribution in [0, 0.1) is 5.92 Å². The van der Waals surface area contributed by atoms with Crippen molar-refractivity contribution in [3.05, 3.63) is 23.1 Å². The van der Waals surface area contributed by atoms with Crippen LogP contribution in [0.15, 0.2) is 12.3 Å². The highest BCUT2D eigenvalue weighted by molar-refractivity contribution is 6.31. The smallest absolute Gasteiger partial charge is 0.160 e. The lowest BCUT2D eigenvalue weighted by molar-refractivity contribution is 0.446. The van der Waals surface area contributed by atoms with E-state index < -0.39 is 0 Å². The number of hydrogen-bond donors (Lipinski definition) is 0. The van der Waals surface area contributed by atoms with E-state index in [4.69, 9.17) is 23.2 Å². The van der Waals surface area contributed by atoms with Gasteiger partial charge in [-0.2, -0.15) is 0 Å². The van der Waals surface area contributed by atoms with Gasteiger partial charge in [-0.15, -0.1) is 11.6 Å². The fourth-order valence-corrected chi connectivity index (χ4v) is 2.85. The standard InChI is InChI=1S/C15H21Cl2N3/c1-10(2)5-4-6-11(3)20-14(8-16)19-13-7-12(17)9-18-15(13)20/h7,9-11H,4-6,8H2,1-3H3. The van der Waals surface area contributed by atoms with Crippen molar-refractivity contribution in [3.8, 4) is 0 Å². The minimum absolute atomic E-state index is 0.348. The molecule has 0 fully saturated rings. The summed E-state index contributed by atoms with van der Waals surface area (Å²) in [4.78, 5) is 8.96. The number of nitrogens with zero attached hydrogens (tertiary/aromatic N) is 3. The van der Waals surface area contributed by atoms with Crippen molar-refractivity contribution < 1.29 is 0 Å². The van der Waals surface area contributed by atoms with Crippen LogP contribution in [-0.2, 0) is 5.88 Å². The van der Waals surface area contributed by atoms with Gasteiger partial charge in [-0.1, -0.05) is 38.3 Å². The van der Waals surface area contributed by atoms with Crippen molar-refractivity contribution in [1.29, 1.82) is 0 Å². The van der Waals surface area contributed by atoms with Gasteiger partial charge in [0, 0.05) is 12.2 Å². The molecule has 0 aliphatic heterocycles. The molecule has 2 rings (SSSR count). The molecule has 0 aromatic carbocycles. The maximum absolute atomic E-state index is 6.03. The van der Waals surface area contributed by atoms with Crippen molar-refractivity contribution in [2.75, 3.05) is 0 Å². The van der Waals surface area contributed by atoms with Crippen LogP contribution in [0.3, 0.4) is 0 Å². The van der Waals surface area contributed by atoms with E-state index in [1.54, 1.807) is 6.20 Å². The van der Waals surface area contributed by atoms with Gasteiger partial charge in [0.1, 0.15) is 11.3 Å². The van der Waals surface area contributed by atoms with Gasteiger partial charge in [0.2, 0.25) is 0 Å². The molecule has 0 saturated carbocycles. The minimum atomic E-state index is 0.348. The summed E-state index contributed by atoms with van der Waals surface area (Å²) in [6.07, 6.45) is 5.22. The predicted octanol–water partition coefficient (Wildman–Crippen LogP) is 5.21. The zero-order valence-corrected chi connectivity index (χ0v) is 13.7. The van der Waals surface area contributed by atoms with Crippen LogP contribution in [0.4, 0.5) is 0 Å². The number of fused-ring (bicyclic) bond motifs is 1. The van der Waals surface area contributed by atoms with Gasteiger partial charge < -0.3 is 4.57 Å². The highest BCUT2D eigenvalue weighted by Crippen LogP contribution is 2.26. The lowest BCUT2D eigenvalue weighted by Gasteiger charge is -2.17. The van der Waals surface area contributed by atoms with Gasteiger partial charge in [-0.05, 0) is 25.3 Å². The van der Waals surface area contributed by atoms with Crippen molar-refractivity contribution in [2.24, 2.45) is 5.92 Å². The number of rotatable bonds is 6. The Hall–Kier alpha value is -0.800. The summed E-state index contributed by atoms with van der Waals surface area (Å²) in [6.45, 7) is 6.71. The van der Waals surface area contributed by atoms with E-state index in [-0.39, 0.29) is 0 Å². The summed E-state index contributed by atoms with van der Waals surface area (Å²) in [5.74, 6) is 2.00. The molecule has 5 heteroatoms. The fraction of sp³-hybridized carbons (Fsp3) is 0.600. The molecule has 20 heavy (non-hydrogen) atoms. The summed E-state index contributed by atoms with van der Waals surface area (Å²) in [6, 6.07) is 2.19. The summed E-state index contributed by atoms with van der Waals surface area (Å²) in [5.41, 5.74) is 1.70. The second-order valence-corrected chi connectivity index (χ2v) is 6.41. The largest absolute Gasteiger partial charge is 0.309 e. The Morgan fingerprint density at radius 2 is 2.00 bits per heavy atom. The second kappa shape index (κ2) is 6.77. The van der Waals surface area contributed by atoms with Gasteiger partial charge in [0.25, 0.3) is 0 Å². The van der Waals surface area contributed by atoms with Crippen molar-refractivity contribution >= 4 is 34.4 Å². The average Bonchev–Trinajstić information content (AvgIpc) is 2.75. The molecule has 0 amide bonds. The van der Waals surface area contributed by atoms with Gasteiger partial charge in [0.05, 0.1) is 10.9 Å². The number of alkyl halides is 1. The van der Waals surface area contributed by atoms with E-state index in [0.717, 1.165) is 29.3 Å². The first-order valence-electron chi connectivity index (χ1n) is 7.11. The number of pyridine rings is 1. The topological polar surface area (TPSA) is 30.7 Å². The van der Waals surface area contributed by atoms with E-state index >= 15 is 0 Å². The number of hydrogen-bond acceptors (Lipinski definition) is 2. The molecule has 2 aromatic heterocycles. The van der Waals surface area contributed by atoms with Gasteiger partial charge >= 0.3 is 0 Å². The third-order valence-corrected chi connectivity index (χ3v) is 3.98. The summed E-state index contributed by atoms with van der Waals surface area (Å²) < 4.78 is 2.15. The van der Waals surface area contributed by atoms with Crippen LogP contribution in [0.2, 0.25) is 5.02 Å². The Morgan fingerprint density at radius 1 is 1.25 bits per heavy atom. The van der Waals surface area contributed by atoms with Crippen molar-refractivity contribution in [3.63, 3.8) is 0 Å². The third kappa shape index (κ3) is 3.44. The monoisotopic (exact) mass is 313 g/mol. The highest BCUT2D eigenvalue weighted by atomic mass is 35.5. The summed E-state index contributed by atoms with van der Waals surface area (Å²) in [7, 11) is 0. The quantitative estimate of drug-likeness (QED) is 0.685. The van der Waals surface area contributed by atoms with E-state index in [1.807, 2.05) is 6.07 Å². The van der Waals surface area contributed by atoms with Crippen LogP contribution in [0.25, 0.3) is 11.2 Å². The van der Waals surface area contributed by atoms with E-state index in [1.165, 1.54) is 12.8 Å². The first-order chi connectivity index (χ1) is 9.52. The molecule has 1 unspecified atom stereocenters. The lowest BCUT2D eigenvalue weighted by atomic mass is 10.0. The van der Waals surface area contributed by atoms with Crippen LogP contribution in [-0.4, -0.2) is 14.5 Å². The van der Waals surface area contributed by atoms with Crippen molar-refractivity contribution in [2.45, 2.75) is 52.0 Å². The van der Waals surface area contributed by atoms with Gasteiger partial charge in [0.15, 0.2) is 5.65 Å². The normalized spacial score (nSPS) is 13.3. The molecule has 2 aromatic rings. The molecule has 3 nitrogen and oxygen atoms in total. The van der Waals surface area contributed by atoms with Gasteiger partial charge in [-0.3, -0.25) is 0 Å². The van der Waals surface area contributed by atoms with E-state index in [9.17, 15) is 0 Å². The van der Waals surface area contributed by atoms with Crippen molar-refractivity contribution in [1.82, 2.24) is 14.5 Å².